The van der Waals surface area contributed by atoms with Crippen molar-refractivity contribution in [1.29, 1.82) is 0 Å². The maximum atomic E-state index is 12.3. The number of methoxy groups -OCH3 is 1. The fraction of sp³-hybridized carbons (Fsp3) is 0.190. The highest BCUT2D eigenvalue weighted by molar-refractivity contribution is 7.99. The van der Waals surface area contributed by atoms with E-state index in [0.717, 1.165) is 29.0 Å². The number of nitrogens with zero attached hydrogens (tertiary/aromatic N) is 1. The highest BCUT2D eigenvalue weighted by Crippen LogP contribution is 2.22. The lowest BCUT2D eigenvalue weighted by molar-refractivity contribution is -0.113. The van der Waals surface area contributed by atoms with E-state index in [0.29, 0.717) is 10.9 Å². The number of anilines is 1. The molecule has 6 nitrogen and oxygen atoms in total. The zero-order valence-corrected chi connectivity index (χ0v) is 16.5. The standard InChI is InChI=1S/C21H21N3O3S/c1-3-14-6-4-5-7-17(14)22-20(26)13-28-21-23-18(12-19(25)24-21)15-8-10-16(27-2)11-9-15/h4-12H,3,13H2,1-2H3,(H,22,26)(H,23,24,25). The summed E-state index contributed by atoms with van der Waals surface area (Å²) in [5, 5.41) is 3.31. The van der Waals surface area contributed by atoms with E-state index in [1.807, 2.05) is 55.5 Å². The van der Waals surface area contributed by atoms with E-state index >= 15 is 0 Å². The van der Waals surface area contributed by atoms with E-state index < -0.39 is 0 Å². The largest absolute Gasteiger partial charge is 0.497 e. The number of para-hydroxylation sites is 1. The van der Waals surface area contributed by atoms with Gasteiger partial charge in [0, 0.05) is 17.3 Å². The minimum absolute atomic E-state index is 0.146. The molecule has 0 saturated heterocycles. The average molecular weight is 395 g/mol. The number of aromatic amines is 1. The number of carbonyl (C=O) groups is 1. The van der Waals surface area contributed by atoms with Gasteiger partial charge in [0.2, 0.25) is 5.91 Å². The van der Waals surface area contributed by atoms with Crippen molar-refractivity contribution in [3.05, 3.63) is 70.5 Å². The number of rotatable bonds is 7. The number of aryl methyl sites for hydroxylation is 1. The Balaban J connectivity index is 1.69. The summed E-state index contributed by atoms with van der Waals surface area (Å²) in [5.74, 6) is 0.725. The molecule has 3 rings (SSSR count). The molecule has 144 valence electrons. The van der Waals surface area contributed by atoms with Gasteiger partial charge >= 0.3 is 0 Å². The van der Waals surface area contributed by atoms with Gasteiger partial charge < -0.3 is 15.0 Å². The molecular formula is C21H21N3O3S. The third-order valence-electron chi connectivity index (χ3n) is 4.12. The van der Waals surface area contributed by atoms with E-state index in [2.05, 4.69) is 15.3 Å². The Morgan fingerprint density at radius 3 is 2.64 bits per heavy atom. The maximum absolute atomic E-state index is 12.3. The van der Waals surface area contributed by atoms with Crippen LogP contribution in [0.2, 0.25) is 0 Å². The second-order valence-corrected chi connectivity index (χ2v) is 6.98. The number of nitrogens with one attached hydrogen (secondary N) is 2. The third-order valence-corrected chi connectivity index (χ3v) is 4.99. The first-order chi connectivity index (χ1) is 13.6. The van der Waals surface area contributed by atoms with Crippen molar-refractivity contribution in [3.63, 3.8) is 0 Å². The van der Waals surface area contributed by atoms with E-state index in [-0.39, 0.29) is 17.2 Å². The van der Waals surface area contributed by atoms with Gasteiger partial charge in [-0.25, -0.2) is 4.98 Å². The van der Waals surface area contributed by atoms with E-state index in [4.69, 9.17) is 4.74 Å². The smallest absolute Gasteiger partial charge is 0.252 e. The van der Waals surface area contributed by atoms with Crippen molar-refractivity contribution in [1.82, 2.24) is 9.97 Å². The molecular weight excluding hydrogens is 374 g/mol. The van der Waals surface area contributed by atoms with Crippen LogP contribution in [0.4, 0.5) is 5.69 Å². The van der Waals surface area contributed by atoms with Crippen LogP contribution in [0.25, 0.3) is 11.3 Å². The maximum Gasteiger partial charge on any atom is 0.252 e. The van der Waals surface area contributed by atoms with Crippen LogP contribution < -0.4 is 15.6 Å². The molecule has 0 aliphatic rings. The summed E-state index contributed by atoms with van der Waals surface area (Å²) < 4.78 is 5.15. The van der Waals surface area contributed by atoms with Crippen LogP contribution in [0.3, 0.4) is 0 Å². The second kappa shape index (κ2) is 9.23. The van der Waals surface area contributed by atoms with Gasteiger partial charge in [-0.15, -0.1) is 0 Å². The van der Waals surface area contributed by atoms with E-state index in [1.165, 1.54) is 17.8 Å². The molecule has 0 unspecified atom stereocenters. The molecule has 1 aromatic heterocycles. The van der Waals surface area contributed by atoms with Crippen LogP contribution in [-0.2, 0) is 11.2 Å². The Hall–Kier alpha value is -3.06. The summed E-state index contributed by atoms with van der Waals surface area (Å²) >= 11 is 1.19. The number of ether oxygens (including phenoxy) is 1. The van der Waals surface area contributed by atoms with Crippen LogP contribution in [-0.4, -0.2) is 28.7 Å². The van der Waals surface area contributed by atoms with Gasteiger partial charge in [0.25, 0.3) is 5.56 Å². The molecule has 3 aromatic rings. The van der Waals surface area contributed by atoms with Crippen LogP contribution in [0.15, 0.2) is 64.5 Å². The topological polar surface area (TPSA) is 84.1 Å². The zero-order chi connectivity index (χ0) is 19.9. The number of thioether (sulfide) groups is 1. The van der Waals surface area contributed by atoms with Crippen LogP contribution in [0, 0.1) is 0 Å². The zero-order valence-electron chi connectivity index (χ0n) is 15.7. The summed E-state index contributed by atoms with van der Waals surface area (Å²) in [4.78, 5) is 31.4. The van der Waals surface area contributed by atoms with Crippen LogP contribution in [0.1, 0.15) is 12.5 Å². The molecule has 7 heteroatoms. The molecule has 0 spiro atoms. The number of hydrogen-bond donors (Lipinski definition) is 2. The van der Waals surface area contributed by atoms with Crippen molar-refractivity contribution in [2.24, 2.45) is 0 Å². The van der Waals surface area contributed by atoms with E-state index in [1.54, 1.807) is 7.11 Å². The fourth-order valence-corrected chi connectivity index (χ4v) is 3.36. The summed E-state index contributed by atoms with van der Waals surface area (Å²) in [7, 11) is 1.60. The Morgan fingerprint density at radius 2 is 1.93 bits per heavy atom. The summed E-state index contributed by atoms with van der Waals surface area (Å²) in [6.07, 6.45) is 0.836. The lowest BCUT2D eigenvalue weighted by atomic mass is 10.1. The highest BCUT2D eigenvalue weighted by atomic mass is 32.2. The minimum Gasteiger partial charge on any atom is -0.497 e. The number of carbonyl (C=O) groups excluding carboxylic acids is 1. The van der Waals surface area contributed by atoms with Crippen LogP contribution >= 0.6 is 11.8 Å². The fourth-order valence-electron chi connectivity index (χ4n) is 2.68. The second-order valence-electron chi connectivity index (χ2n) is 6.01. The molecule has 2 aromatic carbocycles. The van der Waals surface area contributed by atoms with Crippen LogP contribution in [0.5, 0.6) is 5.75 Å². The molecule has 1 amide bonds. The number of hydrogen-bond acceptors (Lipinski definition) is 5. The number of H-pyrrole nitrogens is 1. The predicted octanol–water partition coefficient (Wildman–Crippen LogP) is 3.74. The molecule has 0 bridgehead atoms. The quantitative estimate of drug-likeness (QED) is 0.470. The first kappa shape index (κ1) is 19.7. The monoisotopic (exact) mass is 395 g/mol. The average Bonchev–Trinajstić information content (AvgIpc) is 2.72. The molecule has 0 atom stereocenters. The SMILES string of the molecule is CCc1ccccc1NC(=O)CSc1nc(-c2ccc(OC)cc2)cc(=O)[nH]1. The van der Waals surface area contributed by atoms with Gasteiger partial charge in [0.15, 0.2) is 5.16 Å². The number of aromatic nitrogens is 2. The Kier molecular flexibility index (Phi) is 6.49. The third kappa shape index (κ3) is 5.01. The van der Waals surface area contributed by atoms with Crippen molar-refractivity contribution in [2.45, 2.75) is 18.5 Å². The molecule has 1 heterocycles. The van der Waals surface area contributed by atoms with Gasteiger partial charge in [-0.05, 0) is 42.3 Å². The molecule has 0 aliphatic heterocycles. The van der Waals surface area contributed by atoms with Gasteiger partial charge in [-0.2, -0.15) is 0 Å². The van der Waals surface area contributed by atoms with Gasteiger partial charge in [0.05, 0.1) is 18.6 Å². The van der Waals surface area contributed by atoms with Gasteiger partial charge in [-0.1, -0.05) is 36.9 Å². The molecule has 0 aliphatic carbocycles. The molecule has 0 fully saturated rings. The summed E-state index contributed by atoms with van der Waals surface area (Å²) in [6.45, 7) is 2.04. The van der Waals surface area contributed by atoms with Crippen molar-refractivity contribution < 1.29 is 9.53 Å². The Morgan fingerprint density at radius 1 is 1.18 bits per heavy atom. The van der Waals surface area contributed by atoms with Gasteiger partial charge in [-0.3, -0.25) is 9.59 Å². The first-order valence-corrected chi connectivity index (χ1v) is 9.84. The Labute approximate surface area is 167 Å². The minimum atomic E-state index is -0.264. The summed E-state index contributed by atoms with van der Waals surface area (Å²) in [6, 6.07) is 16.4. The normalized spacial score (nSPS) is 10.5. The summed E-state index contributed by atoms with van der Waals surface area (Å²) in [5.41, 5.74) is 2.97. The molecule has 2 N–H and O–H groups in total. The first-order valence-electron chi connectivity index (χ1n) is 8.85. The van der Waals surface area contributed by atoms with Crippen molar-refractivity contribution >= 4 is 23.4 Å². The lowest BCUT2D eigenvalue weighted by Crippen LogP contribution is -2.16. The van der Waals surface area contributed by atoms with Gasteiger partial charge in [0.1, 0.15) is 5.75 Å². The van der Waals surface area contributed by atoms with Crippen molar-refractivity contribution in [3.8, 4) is 17.0 Å². The number of benzene rings is 2. The lowest BCUT2D eigenvalue weighted by Gasteiger charge is -2.09. The Bertz CT molecular complexity index is 1020. The van der Waals surface area contributed by atoms with Crippen molar-refractivity contribution in [2.75, 3.05) is 18.2 Å². The highest BCUT2D eigenvalue weighted by Gasteiger charge is 2.09. The molecule has 0 radical (unpaired) electrons. The van der Waals surface area contributed by atoms with E-state index in [9.17, 15) is 9.59 Å². The number of amides is 1. The molecule has 28 heavy (non-hydrogen) atoms. The predicted molar refractivity (Wildman–Crippen MR) is 112 cm³/mol. The molecule has 0 saturated carbocycles.